The number of carbonyl (C=O) groups excluding carboxylic acids is 1. The molecule has 0 spiro atoms. The Morgan fingerprint density at radius 1 is 1.53 bits per heavy atom. The molecule has 5 heteroatoms. The Hall–Kier alpha value is -1.75. The highest BCUT2D eigenvalue weighted by atomic mass is 16.3. The maximum atomic E-state index is 12.1. The third-order valence-electron chi connectivity index (χ3n) is 3.57. The maximum absolute atomic E-state index is 12.1. The lowest BCUT2D eigenvalue weighted by Crippen LogP contribution is -2.42. The lowest BCUT2D eigenvalue weighted by molar-refractivity contribution is -0.133. The smallest absolute Gasteiger partial charge is 0.239 e. The van der Waals surface area contributed by atoms with Gasteiger partial charge in [0.25, 0.3) is 0 Å². The van der Waals surface area contributed by atoms with Crippen molar-refractivity contribution < 1.29 is 9.90 Å². The van der Waals surface area contributed by atoms with Gasteiger partial charge >= 0.3 is 0 Å². The van der Waals surface area contributed by atoms with Crippen molar-refractivity contribution in [1.82, 2.24) is 9.80 Å². The summed E-state index contributed by atoms with van der Waals surface area (Å²) in [6, 6.07) is 5.18. The molecular formula is C14H21N3O2. The monoisotopic (exact) mass is 263 g/mol. The van der Waals surface area contributed by atoms with Crippen LogP contribution >= 0.6 is 0 Å². The van der Waals surface area contributed by atoms with E-state index >= 15 is 0 Å². The van der Waals surface area contributed by atoms with Gasteiger partial charge in [0.1, 0.15) is 5.75 Å². The number of nitrogen functional groups attached to an aromatic ring is 1. The van der Waals surface area contributed by atoms with Crippen LogP contribution in [0.15, 0.2) is 18.2 Å². The van der Waals surface area contributed by atoms with Crippen molar-refractivity contribution in [1.29, 1.82) is 0 Å². The highest BCUT2D eigenvalue weighted by Gasteiger charge is 2.31. The molecule has 104 valence electrons. The summed E-state index contributed by atoms with van der Waals surface area (Å²) < 4.78 is 0. The van der Waals surface area contributed by atoms with Crippen molar-refractivity contribution in [3.8, 4) is 5.75 Å². The number of amides is 1. The molecule has 1 amide bonds. The number of likely N-dealkylation sites (N-methyl/N-ethyl adjacent to an activating group) is 1. The van der Waals surface area contributed by atoms with Crippen LogP contribution in [0.25, 0.3) is 0 Å². The normalized spacial score (nSPS) is 19.6. The SMILES string of the molecule is CN(C)C(=O)C1CCCN1Cc1ccc(O)c(N)c1. The molecule has 1 heterocycles. The number of nitrogens with zero attached hydrogens (tertiary/aromatic N) is 2. The highest BCUT2D eigenvalue weighted by molar-refractivity contribution is 5.81. The first-order valence-corrected chi connectivity index (χ1v) is 6.51. The minimum absolute atomic E-state index is 0.0370. The summed E-state index contributed by atoms with van der Waals surface area (Å²) in [6.45, 7) is 1.61. The molecule has 5 nitrogen and oxygen atoms in total. The highest BCUT2D eigenvalue weighted by Crippen LogP contribution is 2.25. The minimum Gasteiger partial charge on any atom is -0.506 e. The maximum Gasteiger partial charge on any atom is 0.239 e. The van der Waals surface area contributed by atoms with E-state index in [9.17, 15) is 9.90 Å². The van der Waals surface area contributed by atoms with E-state index < -0.39 is 0 Å². The summed E-state index contributed by atoms with van der Waals surface area (Å²) in [6.07, 6.45) is 1.95. The Bertz CT molecular complexity index is 474. The molecule has 0 bridgehead atoms. The van der Waals surface area contributed by atoms with Crippen LogP contribution in [0.4, 0.5) is 5.69 Å². The number of hydrogen-bond donors (Lipinski definition) is 2. The number of likely N-dealkylation sites (tertiary alicyclic amines) is 1. The van der Waals surface area contributed by atoms with E-state index in [1.807, 2.05) is 6.07 Å². The van der Waals surface area contributed by atoms with Crippen molar-refractivity contribution >= 4 is 11.6 Å². The molecule has 19 heavy (non-hydrogen) atoms. The number of aromatic hydroxyl groups is 1. The van der Waals surface area contributed by atoms with Crippen molar-refractivity contribution in [3.05, 3.63) is 23.8 Å². The number of phenolic OH excluding ortho intramolecular Hbond substituents is 1. The zero-order valence-electron chi connectivity index (χ0n) is 11.5. The van der Waals surface area contributed by atoms with Gasteiger partial charge in [-0.2, -0.15) is 0 Å². The van der Waals surface area contributed by atoms with Gasteiger partial charge in [-0.15, -0.1) is 0 Å². The molecule has 0 aromatic heterocycles. The first-order chi connectivity index (χ1) is 8.99. The molecule has 1 aromatic rings. The van der Waals surface area contributed by atoms with Crippen LogP contribution in [0.2, 0.25) is 0 Å². The third-order valence-corrected chi connectivity index (χ3v) is 3.57. The van der Waals surface area contributed by atoms with Crippen LogP contribution in [0.3, 0.4) is 0 Å². The fraction of sp³-hybridized carbons (Fsp3) is 0.500. The average molecular weight is 263 g/mol. The van der Waals surface area contributed by atoms with Gasteiger partial charge in [0.2, 0.25) is 5.91 Å². The van der Waals surface area contributed by atoms with Crippen molar-refractivity contribution in [2.75, 3.05) is 26.4 Å². The van der Waals surface area contributed by atoms with Gasteiger partial charge < -0.3 is 15.7 Å². The fourth-order valence-corrected chi connectivity index (χ4v) is 2.53. The second kappa shape index (κ2) is 5.48. The van der Waals surface area contributed by atoms with Gasteiger partial charge in [0, 0.05) is 20.6 Å². The Balaban J connectivity index is 2.09. The molecule has 1 fully saturated rings. The van der Waals surface area contributed by atoms with E-state index in [2.05, 4.69) is 4.90 Å². The van der Waals surface area contributed by atoms with Crippen LogP contribution in [-0.2, 0) is 11.3 Å². The zero-order chi connectivity index (χ0) is 14.0. The van der Waals surface area contributed by atoms with E-state index in [0.29, 0.717) is 12.2 Å². The van der Waals surface area contributed by atoms with Crippen LogP contribution < -0.4 is 5.73 Å². The summed E-state index contributed by atoms with van der Waals surface area (Å²) in [7, 11) is 3.58. The Labute approximate surface area is 113 Å². The zero-order valence-corrected chi connectivity index (χ0v) is 11.5. The van der Waals surface area contributed by atoms with Gasteiger partial charge in [0.15, 0.2) is 0 Å². The lowest BCUT2D eigenvalue weighted by Gasteiger charge is -2.26. The fourth-order valence-electron chi connectivity index (χ4n) is 2.53. The van der Waals surface area contributed by atoms with Crippen molar-refractivity contribution in [2.24, 2.45) is 0 Å². The summed E-state index contributed by atoms with van der Waals surface area (Å²) in [5, 5.41) is 9.42. The third kappa shape index (κ3) is 2.98. The number of benzene rings is 1. The van der Waals surface area contributed by atoms with Crippen LogP contribution in [0, 0.1) is 0 Å². The Kier molecular flexibility index (Phi) is 3.95. The second-order valence-electron chi connectivity index (χ2n) is 5.25. The van der Waals surface area contributed by atoms with E-state index in [1.54, 1.807) is 31.1 Å². The lowest BCUT2D eigenvalue weighted by atomic mass is 10.1. The summed E-state index contributed by atoms with van der Waals surface area (Å²) in [5.74, 6) is 0.260. The second-order valence-corrected chi connectivity index (χ2v) is 5.25. The molecule has 1 aliphatic rings. The molecule has 0 saturated carbocycles. The van der Waals surface area contributed by atoms with E-state index in [-0.39, 0.29) is 17.7 Å². The standard InChI is InChI=1S/C14H21N3O2/c1-16(2)14(19)12-4-3-7-17(12)9-10-5-6-13(18)11(15)8-10/h5-6,8,12,18H,3-4,7,9,15H2,1-2H3. The first-order valence-electron chi connectivity index (χ1n) is 6.51. The molecule has 1 atom stereocenters. The van der Waals surface area contributed by atoms with Gasteiger partial charge in [-0.3, -0.25) is 9.69 Å². The van der Waals surface area contributed by atoms with E-state index in [1.165, 1.54) is 0 Å². The molecule has 3 N–H and O–H groups in total. The predicted molar refractivity (Wildman–Crippen MR) is 74.6 cm³/mol. The molecular weight excluding hydrogens is 242 g/mol. The number of rotatable bonds is 3. The Morgan fingerprint density at radius 2 is 2.26 bits per heavy atom. The summed E-state index contributed by atoms with van der Waals surface area (Å²) in [4.78, 5) is 15.9. The molecule has 0 radical (unpaired) electrons. The van der Waals surface area contributed by atoms with Crippen LogP contribution in [0.5, 0.6) is 5.75 Å². The van der Waals surface area contributed by atoms with E-state index in [4.69, 9.17) is 5.73 Å². The Morgan fingerprint density at radius 3 is 2.89 bits per heavy atom. The van der Waals surface area contributed by atoms with Gasteiger partial charge in [-0.1, -0.05) is 6.07 Å². The number of phenols is 1. The number of anilines is 1. The molecule has 1 aromatic carbocycles. The van der Waals surface area contributed by atoms with Crippen molar-refractivity contribution in [2.45, 2.75) is 25.4 Å². The van der Waals surface area contributed by atoms with Gasteiger partial charge in [-0.05, 0) is 37.1 Å². The molecule has 1 aliphatic heterocycles. The van der Waals surface area contributed by atoms with Crippen molar-refractivity contribution in [3.63, 3.8) is 0 Å². The predicted octanol–water partition coefficient (Wildman–Crippen LogP) is 1.03. The average Bonchev–Trinajstić information content (AvgIpc) is 2.81. The van der Waals surface area contributed by atoms with Gasteiger partial charge in [0.05, 0.1) is 11.7 Å². The number of nitrogens with two attached hydrogens (primary N) is 1. The summed E-state index contributed by atoms with van der Waals surface area (Å²) >= 11 is 0. The van der Waals surface area contributed by atoms with Crippen LogP contribution in [-0.4, -0.2) is 47.5 Å². The quantitative estimate of drug-likeness (QED) is 0.631. The van der Waals surface area contributed by atoms with Gasteiger partial charge in [-0.25, -0.2) is 0 Å². The largest absolute Gasteiger partial charge is 0.506 e. The molecule has 2 rings (SSSR count). The number of carbonyl (C=O) groups is 1. The molecule has 1 unspecified atom stereocenters. The van der Waals surface area contributed by atoms with E-state index in [0.717, 1.165) is 24.9 Å². The number of hydrogen-bond acceptors (Lipinski definition) is 4. The summed E-state index contributed by atoms with van der Waals surface area (Å²) in [5.41, 5.74) is 7.10. The molecule has 1 saturated heterocycles. The topological polar surface area (TPSA) is 69.8 Å². The van der Waals surface area contributed by atoms with Crippen LogP contribution in [0.1, 0.15) is 18.4 Å². The minimum atomic E-state index is -0.0370. The molecule has 0 aliphatic carbocycles. The first kappa shape index (κ1) is 13.7.